The van der Waals surface area contributed by atoms with E-state index in [9.17, 15) is 10.1 Å². The Morgan fingerprint density at radius 1 is 1.54 bits per heavy atom. The molecule has 0 radical (unpaired) electrons. The zero-order valence-electron chi connectivity index (χ0n) is 6.23. The van der Waals surface area contributed by atoms with Gasteiger partial charge in [0.1, 0.15) is 16.8 Å². The highest BCUT2D eigenvalue weighted by Gasteiger charge is 2.14. The zero-order valence-corrected chi connectivity index (χ0v) is 6.99. The standard InChI is InChI=1S/C7H3ClN2O3/c8-5-1-4-3-13-9-6(4)2-7(5)10(11)12/h1-3H. The molecule has 1 aromatic carbocycles. The summed E-state index contributed by atoms with van der Waals surface area (Å²) >= 11 is 5.64. The van der Waals surface area contributed by atoms with Crippen molar-refractivity contribution in [2.45, 2.75) is 0 Å². The Kier molecular flexibility index (Phi) is 1.66. The number of rotatable bonds is 1. The Balaban J connectivity index is 2.76. The van der Waals surface area contributed by atoms with Crippen molar-refractivity contribution >= 4 is 28.2 Å². The van der Waals surface area contributed by atoms with E-state index in [0.29, 0.717) is 10.9 Å². The summed E-state index contributed by atoms with van der Waals surface area (Å²) in [5.74, 6) is 0. The fourth-order valence-corrected chi connectivity index (χ4v) is 1.26. The second kappa shape index (κ2) is 2.70. The topological polar surface area (TPSA) is 69.2 Å². The lowest BCUT2D eigenvalue weighted by Gasteiger charge is -1.92. The van der Waals surface area contributed by atoms with Crippen LogP contribution in [-0.2, 0) is 0 Å². The summed E-state index contributed by atoms with van der Waals surface area (Å²) in [4.78, 5) is 9.89. The summed E-state index contributed by atoms with van der Waals surface area (Å²) in [6.07, 6.45) is 1.38. The lowest BCUT2D eigenvalue weighted by molar-refractivity contribution is -0.384. The third-order valence-corrected chi connectivity index (χ3v) is 1.93. The predicted octanol–water partition coefficient (Wildman–Crippen LogP) is 2.39. The summed E-state index contributed by atoms with van der Waals surface area (Å²) in [5.41, 5.74) is 0.263. The van der Waals surface area contributed by atoms with Crippen LogP contribution in [0.2, 0.25) is 5.02 Å². The molecule has 0 aliphatic heterocycles. The minimum absolute atomic E-state index is 0.0840. The SMILES string of the molecule is O=[N+]([O-])c1cc2nocc2cc1Cl. The van der Waals surface area contributed by atoms with Crippen LogP contribution in [0.4, 0.5) is 5.69 Å². The van der Waals surface area contributed by atoms with Crippen molar-refractivity contribution < 1.29 is 9.45 Å². The van der Waals surface area contributed by atoms with Crippen LogP contribution in [0, 0.1) is 10.1 Å². The van der Waals surface area contributed by atoms with Gasteiger partial charge in [0.25, 0.3) is 5.69 Å². The molecule has 0 bridgehead atoms. The van der Waals surface area contributed by atoms with Crippen molar-refractivity contribution in [3.63, 3.8) is 0 Å². The highest BCUT2D eigenvalue weighted by molar-refractivity contribution is 6.33. The van der Waals surface area contributed by atoms with E-state index >= 15 is 0 Å². The average Bonchev–Trinajstić information content (AvgIpc) is 2.48. The number of nitro benzene ring substituents is 1. The quantitative estimate of drug-likeness (QED) is 0.521. The molecule has 0 saturated carbocycles. The third kappa shape index (κ3) is 1.23. The largest absolute Gasteiger partial charge is 0.364 e. The second-order valence-corrected chi connectivity index (χ2v) is 2.84. The number of nitro groups is 1. The molecule has 2 aromatic rings. The first kappa shape index (κ1) is 8.00. The van der Waals surface area contributed by atoms with Gasteiger partial charge in [0, 0.05) is 11.5 Å². The van der Waals surface area contributed by atoms with Gasteiger partial charge in [0.05, 0.1) is 4.92 Å². The van der Waals surface area contributed by atoms with Gasteiger partial charge in [-0.15, -0.1) is 0 Å². The van der Waals surface area contributed by atoms with Crippen molar-refractivity contribution in [1.29, 1.82) is 0 Å². The smallest absolute Gasteiger partial charge is 0.290 e. The van der Waals surface area contributed by atoms with Gasteiger partial charge in [-0.3, -0.25) is 10.1 Å². The third-order valence-electron chi connectivity index (χ3n) is 1.62. The summed E-state index contributed by atoms with van der Waals surface area (Å²) in [5, 5.41) is 14.7. The molecule has 2 rings (SSSR count). The molecule has 0 aliphatic carbocycles. The molecule has 0 aliphatic rings. The Hall–Kier alpha value is -1.62. The monoisotopic (exact) mass is 198 g/mol. The van der Waals surface area contributed by atoms with Crippen molar-refractivity contribution in [3.8, 4) is 0 Å². The van der Waals surface area contributed by atoms with E-state index in [1.165, 1.54) is 18.4 Å². The van der Waals surface area contributed by atoms with Gasteiger partial charge in [0.2, 0.25) is 0 Å². The Bertz CT molecular complexity index is 480. The first-order valence-corrected chi connectivity index (χ1v) is 3.74. The van der Waals surface area contributed by atoms with Crippen molar-refractivity contribution in [2.75, 3.05) is 0 Å². The van der Waals surface area contributed by atoms with Crippen molar-refractivity contribution in [3.05, 3.63) is 33.5 Å². The van der Waals surface area contributed by atoms with Crippen LogP contribution >= 0.6 is 11.6 Å². The van der Waals surface area contributed by atoms with E-state index < -0.39 is 4.92 Å². The van der Waals surface area contributed by atoms with E-state index in [1.807, 2.05) is 0 Å². The molecule has 0 unspecified atom stereocenters. The van der Waals surface area contributed by atoms with E-state index in [0.717, 1.165) is 0 Å². The normalized spacial score (nSPS) is 10.5. The molecule has 0 spiro atoms. The Morgan fingerprint density at radius 2 is 2.31 bits per heavy atom. The second-order valence-electron chi connectivity index (χ2n) is 2.43. The maximum Gasteiger partial charge on any atom is 0.290 e. The van der Waals surface area contributed by atoms with Crippen LogP contribution in [0.25, 0.3) is 10.9 Å². The van der Waals surface area contributed by atoms with Gasteiger partial charge in [0.15, 0.2) is 0 Å². The van der Waals surface area contributed by atoms with Crippen molar-refractivity contribution in [1.82, 2.24) is 5.16 Å². The summed E-state index contributed by atoms with van der Waals surface area (Å²) in [6, 6.07) is 2.73. The van der Waals surface area contributed by atoms with Crippen LogP contribution in [0.5, 0.6) is 0 Å². The molecule has 5 nitrogen and oxygen atoms in total. The van der Waals surface area contributed by atoms with Gasteiger partial charge in [-0.05, 0) is 6.07 Å². The van der Waals surface area contributed by atoms with E-state index in [4.69, 9.17) is 11.6 Å². The van der Waals surface area contributed by atoms with Crippen molar-refractivity contribution in [2.24, 2.45) is 0 Å². The van der Waals surface area contributed by atoms with Crippen LogP contribution < -0.4 is 0 Å². The van der Waals surface area contributed by atoms with Gasteiger partial charge < -0.3 is 4.52 Å². The fourth-order valence-electron chi connectivity index (χ4n) is 1.02. The first-order chi connectivity index (χ1) is 6.18. The number of halogens is 1. The molecular formula is C7H3ClN2O3. The zero-order chi connectivity index (χ0) is 9.42. The number of hydrogen-bond acceptors (Lipinski definition) is 4. The number of hydrogen-bond donors (Lipinski definition) is 0. The molecule has 0 saturated heterocycles. The van der Waals surface area contributed by atoms with Crippen LogP contribution in [-0.4, -0.2) is 10.1 Å². The Labute approximate surface area is 77.0 Å². The summed E-state index contributed by atoms with van der Waals surface area (Å²) in [6.45, 7) is 0. The molecule has 0 amide bonds. The van der Waals surface area contributed by atoms with Gasteiger partial charge in [-0.25, -0.2) is 0 Å². The highest BCUT2D eigenvalue weighted by atomic mass is 35.5. The molecule has 0 atom stereocenters. The summed E-state index contributed by atoms with van der Waals surface area (Å²) in [7, 11) is 0. The van der Waals surface area contributed by atoms with E-state index in [2.05, 4.69) is 9.68 Å². The van der Waals surface area contributed by atoms with Crippen LogP contribution in [0.1, 0.15) is 0 Å². The van der Waals surface area contributed by atoms with Gasteiger partial charge in [-0.1, -0.05) is 16.8 Å². The average molecular weight is 199 g/mol. The van der Waals surface area contributed by atoms with Crippen LogP contribution in [0.3, 0.4) is 0 Å². The predicted molar refractivity (Wildman–Crippen MR) is 45.7 cm³/mol. The molecule has 6 heteroatoms. The molecule has 13 heavy (non-hydrogen) atoms. The molecular weight excluding hydrogens is 196 g/mol. The maximum absolute atomic E-state index is 10.5. The number of benzene rings is 1. The maximum atomic E-state index is 10.5. The molecule has 66 valence electrons. The fraction of sp³-hybridized carbons (Fsp3) is 0. The molecule has 0 N–H and O–H groups in total. The van der Waals surface area contributed by atoms with E-state index in [-0.39, 0.29) is 10.7 Å². The number of fused-ring (bicyclic) bond motifs is 1. The number of nitrogens with zero attached hydrogens (tertiary/aromatic N) is 2. The highest BCUT2D eigenvalue weighted by Crippen LogP contribution is 2.28. The Morgan fingerprint density at radius 3 is 3.00 bits per heavy atom. The first-order valence-electron chi connectivity index (χ1n) is 3.36. The molecule has 1 heterocycles. The van der Waals surface area contributed by atoms with Gasteiger partial charge >= 0.3 is 0 Å². The summed E-state index contributed by atoms with van der Waals surface area (Å²) < 4.78 is 4.62. The van der Waals surface area contributed by atoms with Gasteiger partial charge in [-0.2, -0.15) is 0 Å². The minimum atomic E-state index is -0.559. The van der Waals surface area contributed by atoms with Crippen LogP contribution in [0.15, 0.2) is 22.9 Å². The molecule has 0 fully saturated rings. The molecule has 1 aromatic heterocycles. The lowest BCUT2D eigenvalue weighted by Crippen LogP contribution is -1.88. The lowest BCUT2D eigenvalue weighted by atomic mass is 10.2. The number of aromatic nitrogens is 1. The van der Waals surface area contributed by atoms with E-state index in [1.54, 1.807) is 0 Å². The minimum Gasteiger partial charge on any atom is -0.364 e.